The number of nitrogens with zero attached hydrogens (tertiary/aromatic N) is 1. The lowest BCUT2D eigenvalue weighted by Crippen LogP contribution is -2.23. The Morgan fingerprint density at radius 1 is 1.57 bits per heavy atom. The smallest absolute Gasteiger partial charge is 0.00897 e. The summed E-state index contributed by atoms with van der Waals surface area (Å²) in [5.41, 5.74) is 0. The third kappa shape index (κ3) is 2.63. The molecule has 42 valence electrons. The van der Waals surface area contributed by atoms with Crippen molar-refractivity contribution in [2.45, 2.75) is 12.5 Å². The summed E-state index contributed by atoms with van der Waals surface area (Å²) >= 11 is 0. The van der Waals surface area contributed by atoms with Crippen molar-refractivity contribution in [3.63, 3.8) is 0 Å². The molecule has 0 amide bonds. The third-order valence-electron chi connectivity index (χ3n) is 1.06. The third-order valence-corrected chi connectivity index (χ3v) is 1.06. The van der Waals surface area contributed by atoms with E-state index in [1.165, 1.54) is 0 Å². The van der Waals surface area contributed by atoms with E-state index in [1.54, 1.807) is 0 Å². The van der Waals surface area contributed by atoms with Gasteiger partial charge in [-0.25, -0.2) is 0 Å². The summed E-state index contributed by atoms with van der Waals surface area (Å²) in [6.45, 7) is 7.52. The van der Waals surface area contributed by atoms with Crippen molar-refractivity contribution >= 4 is 0 Å². The predicted octanol–water partition coefficient (Wildman–Crippen LogP) is 0.975. The molecule has 0 saturated heterocycles. The van der Waals surface area contributed by atoms with Crippen LogP contribution in [0.2, 0.25) is 0 Å². The van der Waals surface area contributed by atoms with Crippen molar-refractivity contribution in [1.29, 1.82) is 0 Å². The molecule has 2 radical (unpaired) electrons. The molecule has 0 N–H and O–H groups in total. The number of hydrogen-bond acceptors (Lipinski definition) is 1. The van der Waals surface area contributed by atoms with E-state index in [9.17, 15) is 0 Å². The molecule has 0 aliphatic rings. The minimum atomic E-state index is 0.375. The summed E-state index contributed by atoms with van der Waals surface area (Å²) in [6.07, 6.45) is 0.882. The molecule has 0 saturated carbocycles. The molecule has 0 aromatic rings. The van der Waals surface area contributed by atoms with Crippen molar-refractivity contribution in [2.75, 3.05) is 14.1 Å². The Kier molecular flexibility index (Phi) is 3.01. The van der Waals surface area contributed by atoms with Crippen molar-refractivity contribution < 1.29 is 0 Å². The molecule has 0 spiro atoms. The molecule has 1 heteroatoms. The second kappa shape index (κ2) is 3.03. The summed E-state index contributed by atoms with van der Waals surface area (Å²) < 4.78 is 0. The summed E-state index contributed by atoms with van der Waals surface area (Å²) in [5, 5.41) is 0. The fourth-order valence-corrected chi connectivity index (χ4v) is 0.258. The van der Waals surface area contributed by atoms with Gasteiger partial charge in [-0.2, -0.15) is 0 Å². The van der Waals surface area contributed by atoms with E-state index in [2.05, 4.69) is 13.8 Å². The molecule has 0 bridgehead atoms. The standard InChI is InChI=1S/C6H13N/c1-5-6(2)7(3)4/h6H,1-2,5H2,3-4H3. The van der Waals surface area contributed by atoms with E-state index in [0.717, 1.165) is 6.42 Å². The molecule has 1 unspecified atom stereocenters. The molecule has 0 aliphatic heterocycles. The SMILES string of the molecule is [CH2]CC([CH2])N(C)C. The van der Waals surface area contributed by atoms with Crippen molar-refractivity contribution in [2.24, 2.45) is 0 Å². The predicted molar refractivity (Wildman–Crippen MR) is 32.8 cm³/mol. The lowest BCUT2D eigenvalue weighted by atomic mass is 10.2. The van der Waals surface area contributed by atoms with Crippen LogP contribution in [-0.4, -0.2) is 25.0 Å². The minimum absolute atomic E-state index is 0.375. The summed E-state index contributed by atoms with van der Waals surface area (Å²) in [7, 11) is 4.01. The van der Waals surface area contributed by atoms with Crippen LogP contribution in [0.1, 0.15) is 6.42 Å². The fraction of sp³-hybridized carbons (Fsp3) is 0.667. The fourth-order valence-electron chi connectivity index (χ4n) is 0.258. The molecular weight excluding hydrogens is 86.1 g/mol. The van der Waals surface area contributed by atoms with E-state index >= 15 is 0 Å². The van der Waals surface area contributed by atoms with Gasteiger partial charge in [0, 0.05) is 6.04 Å². The second-order valence-electron chi connectivity index (χ2n) is 1.91. The van der Waals surface area contributed by atoms with Gasteiger partial charge in [-0.15, -0.1) is 0 Å². The summed E-state index contributed by atoms with van der Waals surface area (Å²) in [6, 6.07) is 0.375. The first-order valence-electron chi connectivity index (χ1n) is 2.47. The summed E-state index contributed by atoms with van der Waals surface area (Å²) in [4.78, 5) is 2.05. The number of hydrogen-bond donors (Lipinski definition) is 0. The molecule has 0 aliphatic carbocycles. The van der Waals surface area contributed by atoms with Gasteiger partial charge in [-0.3, -0.25) is 0 Å². The lowest BCUT2D eigenvalue weighted by molar-refractivity contribution is 0.342. The maximum atomic E-state index is 3.82. The molecule has 1 nitrogen and oxygen atoms in total. The van der Waals surface area contributed by atoms with Gasteiger partial charge in [-0.05, 0) is 27.4 Å². The summed E-state index contributed by atoms with van der Waals surface area (Å²) in [5.74, 6) is 0. The zero-order valence-electron chi connectivity index (χ0n) is 5.15. The van der Waals surface area contributed by atoms with E-state index in [1.807, 2.05) is 19.0 Å². The Bertz CT molecular complexity index is 41.4. The van der Waals surface area contributed by atoms with Crippen LogP contribution in [0.4, 0.5) is 0 Å². The van der Waals surface area contributed by atoms with Gasteiger partial charge in [0.2, 0.25) is 0 Å². The van der Waals surface area contributed by atoms with Gasteiger partial charge in [0.05, 0.1) is 0 Å². The highest BCUT2D eigenvalue weighted by Gasteiger charge is 1.97. The molecule has 0 rings (SSSR count). The van der Waals surface area contributed by atoms with Crippen LogP contribution in [0.25, 0.3) is 0 Å². The van der Waals surface area contributed by atoms with Crippen molar-refractivity contribution in [3.05, 3.63) is 13.8 Å². The van der Waals surface area contributed by atoms with Crippen LogP contribution in [0.3, 0.4) is 0 Å². The highest BCUT2D eigenvalue weighted by molar-refractivity contribution is 4.67. The van der Waals surface area contributed by atoms with E-state index in [0.29, 0.717) is 6.04 Å². The first kappa shape index (κ1) is 6.96. The van der Waals surface area contributed by atoms with Crippen molar-refractivity contribution in [3.8, 4) is 0 Å². The Hall–Kier alpha value is -0.0400. The average Bonchev–Trinajstić information content (AvgIpc) is 1.65. The maximum absolute atomic E-state index is 3.82. The van der Waals surface area contributed by atoms with Gasteiger partial charge >= 0.3 is 0 Å². The Morgan fingerprint density at radius 3 is 2.00 bits per heavy atom. The Labute approximate surface area is 46.3 Å². The van der Waals surface area contributed by atoms with Crippen LogP contribution in [-0.2, 0) is 0 Å². The quantitative estimate of drug-likeness (QED) is 0.498. The molecule has 0 aromatic carbocycles. The average molecular weight is 99.2 g/mol. The van der Waals surface area contributed by atoms with Crippen LogP contribution < -0.4 is 0 Å². The lowest BCUT2D eigenvalue weighted by Gasteiger charge is -2.16. The van der Waals surface area contributed by atoms with Crippen LogP contribution in [0.15, 0.2) is 0 Å². The van der Waals surface area contributed by atoms with Crippen LogP contribution >= 0.6 is 0 Å². The molecular formula is C6H13N. The van der Waals surface area contributed by atoms with Gasteiger partial charge in [0.15, 0.2) is 0 Å². The van der Waals surface area contributed by atoms with E-state index < -0.39 is 0 Å². The van der Waals surface area contributed by atoms with E-state index in [-0.39, 0.29) is 0 Å². The van der Waals surface area contributed by atoms with Gasteiger partial charge < -0.3 is 4.90 Å². The van der Waals surface area contributed by atoms with Gasteiger partial charge in [-0.1, -0.05) is 6.92 Å². The minimum Gasteiger partial charge on any atom is -0.306 e. The van der Waals surface area contributed by atoms with Crippen LogP contribution in [0, 0.1) is 13.8 Å². The maximum Gasteiger partial charge on any atom is 0.00897 e. The Balaban J connectivity index is 3.14. The molecule has 7 heavy (non-hydrogen) atoms. The first-order chi connectivity index (χ1) is 3.18. The normalized spacial score (nSPS) is 15.0. The molecule has 0 fully saturated rings. The van der Waals surface area contributed by atoms with Gasteiger partial charge in [0.25, 0.3) is 0 Å². The Morgan fingerprint density at radius 2 is 2.00 bits per heavy atom. The van der Waals surface area contributed by atoms with Crippen molar-refractivity contribution in [1.82, 2.24) is 4.90 Å². The topological polar surface area (TPSA) is 3.24 Å². The van der Waals surface area contributed by atoms with Crippen LogP contribution in [0.5, 0.6) is 0 Å². The zero-order chi connectivity index (χ0) is 5.86. The molecule has 1 atom stereocenters. The first-order valence-corrected chi connectivity index (χ1v) is 2.47. The highest BCUT2D eigenvalue weighted by atomic mass is 15.1. The van der Waals surface area contributed by atoms with Gasteiger partial charge in [0.1, 0.15) is 0 Å². The largest absolute Gasteiger partial charge is 0.306 e. The second-order valence-corrected chi connectivity index (χ2v) is 1.91. The molecule has 0 aromatic heterocycles. The zero-order valence-corrected chi connectivity index (χ0v) is 5.15. The highest BCUT2D eigenvalue weighted by Crippen LogP contribution is 1.92. The molecule has 0 heterocycles. The van der Waals surface area contributed by atoms with E-state index in [4.69, 9.17) is 0 Å². The number of rotatable bonds is 2. The monoisotopic (exact) mass is 99.1 g/mol.